The van der Waals surface area contributed by atoms with Gasteiger partial charge in [-0.15, -0.1) is 0 Å². The molecule has 0 aliphatic heterocycles. The van der Waals surface area contributed by atoms with Crippen molar-refractivity contribution in [3.8, 4) is 0 Å². The molecule has 0 N–H and O–H groups in total. The highest BCUT2D eigenvalue weighted by Gasteiger charge is 2.16. The number of aromatic nitrogens is 1. The van der Waals surface area contributed by atoms with Crippen molar-refractivity contribution in [3.05, 3.63) is 81.1 Å². The van der Waals surface area contributed by atoms with E-state index in [0.717, 1.165) is 11.1 Å². The first-order valence-corrected chi connectivity index (χ1v) is 8.01. The summed E-state index contributed by atoms with van der Waals surface area (Å²) < 4.78 is 6.88. The highest BCUT2D eigenvalue weighted by atomic mass is 35.5. The summed E-state index contributed by atoms with van der Waals surface area (Å²) in [5.41, 5.74) is 1.46. The lowest BCUT2D eigenvalue weighted by molar-refractivity contribution is 0.0524. The van der Waals surface area contributed by atoms with Crippen LogP contribution >= 0.6 is 11.6 Å². The fourth-order valence-electron chi connectivity index (χ4n) is 2.66. The number of para-hydroxylation sites is 1. The van der Waals surface area contributed by atoms with Crippen LogP contribution in [0, 0.1) is 0 Å². The molecule has 4 nitrogen and oxygen atoms in total. The van der Waals surface area contributed by atoms with Crippen molar-refractivity contribution >= 4 is 28.5 Å². The van der Waals surface area contributed by atoms with Gasteiger partial charge in [0.05, 0.1) is 12.1 Å². The van der Waals surface area contributed by atoms with E-state index in [0.29, 0.717) is 17.0 Å². The molecule has 0 fully saturated rings. The molecule has 0 atom stereocenters. The largest absolute Gasteiger partial charge is 0.462 e. The summed E-state index contributed by atoms with van der Waals surface area (Å²) in [5, 5.41) is 1.13. The summed E-state index contributed by atoms with van der Waals surface area (Å²) >= 11 is 6.04. The van der Waals surface area contributed by atoms with E-state index in [1.54, 1.807) is 31.3 Å². The van der Waals surface area contributed by atoms with Gasteiger partial charge in [-0.25, -0.2) is 4.79 Å². The second kappa shape index (κ2) is 6.89. The molecule has 122 valence electrons. The first kappa shape index (κ1) is 16.3. The second-order valence-electron chi connectivity index (χ2n) is 5.37. The number of ether oxygens (including phenoxy) is 1. The molecule has 0 spiro atoms. The minimum atomic E-state index is -0.604. The van der Waals surface area contributed by atoms with Gasteiger partial charge in [0, 0.05) is 23.2 Å². The number of benzene rings is 2. The molecule has 24 heavy (non-hydrogen) atoms. The predicted octanol–water partition coefficient (Wildman–Crippen LogP) is 3.88. The Morgan fingerprint density at radius 3 is 2.71 bits per heavy atom. The van der Waals surface area contributed by atoms with E-state index >= 15 is 0 Å². The van der Waals surface area contributed by atoms with Crippen LogP contribution in [0.2, 0.25) is 5.02 Å². The van der Waals surface area contributed by atoms with E-state index in [4.69, 9.17) is 16.3 Å². The Bertz CT molecular complexity index is 962. The number of halogens is 1. The molecule has 0 aliphatic rings. The minimum absolute atomic E-state index is 0.0394. The fourth-order valence-corrected chi connectivity index (χ4v) is 2.88. The van der Waals surface area contributed by atoms with Gasteiger partial charge in [-0.3, -0.25) is 4.79 Å². The predicted molar refractivity (Wildman–Crippen MR) is 94.7 cm³/mol. The van der Waals surface area contributed by atoms with Crippen LogP contribution in [0.15, 0.2) is 59.5 Å². The smallest absolute Gasteiger partial charge is 0.343 e. The fraction of sp³-hybridized carbons (Fsp3) is 0.158. The van der Waals surface area contributed by atoms with Crippen molar-refractivity contribution in [2.75, 3.05) is 6.61 Å². The van der Waals surface area contributed by atoms with E-state index < -0.39 is 5.97 Å². The van der Waals surface area contributed by atoms with Crippen LogP contribution in [0.25, 0.3) is 10.9 Å². The van der Waals surface area contributed by atoms with Crippen LogP contribution in [0.4, 0.5) is 0 Å². The lowest BCUT2D eigenvalue weighted by Gasteiger charge is -2.13. The average molecular weight is 342 g/mol. The summed E-state index contributed by atoms with van der Waals surface area (Å²) in [6, 6.07) is 14.7. The number of hydrogen-bond donors (Lipinski definition) is 0. The molecule has 3 aromatic rings. The maximum atomic E-state index is 12.6. The molecule has 0 amide bonds. The van der Waals surface area contributed by atoms with Crippen LogP contribution in [-0.4, -0.2) is 17.1 Å². The third-order valence-corrected chi connectivity index (χ3v) is 3.96. The Hall–Kier alpha value is -2.59. The lowest BCUT2D eigenvalue weighted by Crippen LogP contribution is -2.21. The zero-order chi connectivity index (χ0) is 17.1. The van der Waals surface area contributed by atoms with E-state index in [2.05, 4.69) is 0 Å². The molecule has 1 aromatic heterocycles. The summed E-state index contributed by atoms with van der Waals surface area (Å²) in [7, 11) is 0. The minimum Gasteiger partial charge on any atom is -0.462 e. The Morgan fingerprint density at radius 1 is 1.17 bits per heavy atom. The Labute approximate surface area is 144 Å². The van der Waals surface area contributed by atoms with Crippen LogP contribution < -0.4 is 5.43 Å². The van der Waals surface area contributed by atoms with E-state index in [-0.39, 0.29) is 17.6 Å². The summed E-state index contributed by atoms with van der Waals surface area (Å²) in [4.78, 5) is 24.7. The Kier molecular flexibility index (Phi) is 4.67. The standard InChI is InChI=1S/C19H16ClNO3/c1-2-24-19(23)16-12-21(11-13-6-5-7-14(20)10-13)17-9-4-3-8-15(17)18(16)22/h3-10,12H,2,11H2,1H3. The molecular formula is C19H16ClNO3. The number of fused-ring (bicyclic) bond motifs is 1. The second-order valence-corrected chi connectivity index (χ2v) is 5.80. The van der Waals surface area contributed by atoms with Crippen LogP contribution in [0.5, 0.6) is 0 Å². The molecule has 0 bridgehead atoms. The molecule has 0 aliphatic carbocycles. The van der Waals surface area contributed by atoms with Gasteiger partial charge in [0.15, 0.2) is 0 Å². The molecule has 1 heterocycles. The quantitative estimate of drug-likeness (QED) is 0.677. The summed E-state index contributed by atoms with van der Waals surface area (Å²) in [6.45, 7) is 2.43. The van der Waals surface area contributed by atoms with Crippen molar-refractivity contribution in [2.24, 2.45) is 0 Å². The molecule has 0 radical (unpaired) electrons. The number of nitrogens with zero attached hydrogens (tertiary/aromatic N) is 1. The molecular weight excluding hydrogens is 326 g/mol. The van der Waals surface area contributed by atoms with Crippen LogP contribution in [0.1, 0.15) is 22.8 Å². The van der Waals surface area contributed by atoms with Gasteiger partial charge in [-0.2, -0.15) is 0 Å². The molecule has 0 unspecified atom stereocenters. The number of carbonyl (C=O) groups is 1. The van der Waals surface area contributed by atoms with E-state index in [1.165, 1.54) is 0 Å². The molecule has 5 heteroatoms. The van der Waals surface area contributed by atoms with Crippen molar-refractivity contribution < 1.29 is 9.53 Å². The Morgan fingerprint density at radius 2 is 1.96 bits per heavy atom. The number of hydrogen-bond acceptors (Lipinski definition) is 3. The third-order valence-electron chi connectivity index (χ3n) is 3.72. The number of esters is 1. The number of carbonyl (C=O) groups excluding carboxylic acids is 1. The van der Waals surface area contributed by atoms with Crippen molar-refractivity contribution in [1.29, 1.82) is 0 Å². The summed E-state index contributed by atoms with van der Waals surface area (Å²) in [5.74, 6) is -0.604. The SMILES string of the molecule is CCOC(=O)c1cn(Cc2cccc(Cl)c2)c2ccccc2c1=O. The summed E-state index contributed by atoms with van der Waals surface area (Å²) in [6.07, 6.45) is 1.56. The molecule has 0 saturated carbocycles. The Balaban J connectivity index is 2.17. The maximum Gasteiger partial charge on any atom is 0.343 e. The van der Waals surface area contributed by atoms with Crippen molar-refractivity contribution in [1.82, 2.24) is 4.57 Å². The lowest BCUT2D eigenvalue weighted by atomic mass is 10.1. The van der Waals surface area contributed by atoms with Gasteiger partial charge in [-0.1, -0.05) is 35.9 Å². The van der Waals surface area contributed by atoms with Gasteiger partial charge in [0.25, 0.3) is 0 Å². The molecule has 0 saturated heterocycles. The van der Waals surface area contributed by atoms with Crippen LogP contribution in [-0.2, 0) is 11.3 Å². The van der Waals surface area contributed by atoms with Gasteiger partial charge < -0.3 is 9.30 Å². The monoisotopic (exact) mass is 341 g/mol. The average Bonchev–Trinajstić information content (AvgIpc) is 2.58. The zero-order valence-electron chi connectivity index (χ0n) is 13.2. The highest BCUT2D eigenvalue weighted by Crippen LogP contribution is 2.17. The highest BCUT2D eigenvalue weighted by molar-refractivity contribution is 6.30. The first-order chi connectivity index (χ1) is 11.6. The van der Waals surface area contributed by atoms with Gasteiger partial charge in [0.1, 0.15) is 5.56 Å². The zero-order valence-corrected chi connectivity index (χ0v) is 13.9. The van der Waals surface area contributed by atoms with Crippen molar-refractivity contribution in [2.45, 2.75) is 13.5 Å². The van der Waals surface area contributed by atoms with Crippen LogP contribution in [0.3, 0.4) is 0 Å². The van der Waals surface area contributed by atoms with Gasteiger partial charge >= 0.3 is 5.97 Å². The number of rotatable bonds is 4. The van der Waals surface area contributed by atoms with E-state index in [1.807, 2.05) is 34.9 Å². The molecule has 3 rings (SSSR count). The van der Waals surface area contributed by atoms with Gasteiger partial charge in [0.2, 0.25) is 5.43 Å². The third kappa shape index (κ3) is 3.19. The topological polar surface area (TPSA) is 48.3 Å². The number of pyridine rings is 1. The van der Waals surface area contributed by atoms with E-state index in [9.17, 15) is 9.59 Å². The van der Waals surface area contributed by atoms with Gasteiger partial charge in [-0.05, 0) is 36.8 Å². The molecule has 2 aromatic carbocycles. The normalized spacial score (nSPS) is 10.8. The first-order valence-electron chi connectivity index (χ1n) is 7.64. The maximum absolute atomic E-state index is 12.6. The van der Waals surface area contributed by atoms with Crippen molar-refractivity contribution in [3.63, 3.8) is 0 Å².